The minimum absolute atomic E-state index is 0.482. The van der Waals surface area contributed by atoms with Gasteiger partial charge in [0.15, 0.2) is 5.60 Å². The fourth-order valence-electron chi connectivity index (χ4n) is 1.36. The number of carboxylic acid groups (broad SMARTS) is 2. The van der Waals surface area contributed by atoms with E-state index in [9.17, 15) is 14.7 Å². The topological polar surface area (TPSA) is 94.8 Å². The van der Waals surface area contributed by atoms with Crippen molar-refractivity contribution in [3.05, 3.63) is 0 Å². The Hall–Kier alpha value is -1.10. The van der Waals surface area contributed by atoms with Crippen LogP contribution in [0.5, 0.6) is 0 Å². The van der Waals surface area contributed by atoms with Gasteiger partial charge in [0.2, 0.25) is 0 Å². The molecule has 0 saturated carbocycles. The molecular weight excluding hydrogens is 188 g/mol. The Bertz CT molecular complexity index is 225. The van der Waals surface area contributed by atoms with Crippen LogP contribution in [0.1, 0.15) is 33.1 Å². The molecule has 0 radical (unpaired) electrons. The molecule has 0 amide bonds. The highest BCUT2D eigenvalue weighted by Crippen LogP contribution is 2.25. The molecule has 0 aliphatic rings. The van der Waals surface area contributed by atoms with Gasteiger partial charge in [-0.1, -0.05) is 20.3 Å². The molecule has 0 aromatic carbocycles. The van der Waals surface area contributed by atoms with Gasteiger partial charge in [-0.2, -0.15) is 0 Å². The van der Waals surface area contributed by atoms with Gasteiger partial charge in [0.1, 0.15) is 0 Å². The highest BCUT2D eigenvalue weighted by Gasteiger charge is 2.43. The Kier molecular flexibility index (Phi) is 4.56. The number of aliphatic hydroxyl groups is 1. The summed E-state index contributed by atoms with van der Waals surface area (Å²) in [5, 5.41) is 26.9. The molecule has 14 heavy (non-hydrogen) atoms. The summed E-state index contributed by atoms with van der Waals surface area (Å²) < 4.78 is 0. The highest BCUT2D eigenvalue weighted by atomic mass is 16.4. The second-order valence-corrected chi connectivity index (χ2v) is 3.49. The predicted octanol–water partition coefficient (Wildman–Crippen LogP) is 0.713. The molecule has 2 atom stereocenters. The molecule has 0 aromatic rings. The van der Waals surface area contributed by atoms with Crippen LogP contribution in [-0.2, 0) is 9.59 Å². The minimum Gasteiger partial charge on any atom is -0.481 e. The van der Waals surface area contributed by atoms with E-state index in [-0.39, 0.29) is 0 Å². The van der Waals surface area contributed by atoms with Gasteiger partial charge in [-0.05, 0) is 12.3 Å². The monoisotopic (exact) mass is 204 g/mol. The molecule has 0 saturated heterocycles. The Morgan fingerprint density at radius 2 is 1.86 bits per heavy atom. The Labute approximate surface area is 82.4 Å². The maximum absolute atomic E-state index is 10.8. The van der Waals surface area contributed by atoms with Gasteiger partial charge in [0.25, 0.3) is 0 Å². The molecular formula is C9H16O5. The van der Waals surface area contributed by atoms with Gasteiger partial charge in [-0.25, -0.2) is 4.79 Å². The van der Waals surface area contributed by atoms with Crippen molar-refractivity contribution < 1.29 is 24.9 Å². The third-order valence-corrected chi connectivity index (χ3v) is 2.33. The number of carbonyl (C=O) groups is 2. The standard InChI is InChI=1S/C9H16O5/c1-3-4-6(2)9(14,8(12)13)5-7(10)11/h6,14H,3-5H2,1-2H3,(H,10,11)(H,12,13). The molecule has 2 unspecified atom stereocenters. The Balaban J connectivity index is 4.70. The lowest BCUT2D eigenvalue weighted by atomic mass is 9.83. The molecule has 0 rings (SSSR count). The second-order valence-electron chi connectivity index (χ2n) is 3.49. The van der Waals surface area contributed by atoms with Gasteiger partial charge < -0.3 is 15.3 Å². The lowest BCUT2D eigenvalue weighted by Gasteiger charge is -2.28. The first-order valence-electron chi connectivity index (χ1n) is 4.52. The van der Waals surface area contributed by atoms with Crippen LogP contribution in [0.25, 0.3) is 0 Å². The lowest BCUT2D eigenvalue weighted by Crippen LogP contribution is -2.46. The number of hydrogen-bond donors (Lipinski definition) is 3. The molecule has 0 bridgehead atoms. The van der Waals surface area contributed by atoms with Gasteiger partial charge in [0.05, 0.1) is 6.42 Å². The van der Waals surface area contributed by atoms with E-state index >= 15 is 0 Å². The maximum Gasteiger partial charge on any atom is 0.336 e. The van der Waals surface area contributed by atoms with Gasteiger partial charge in [-0.15, -0.1) is 0 Å². The van der Waals surface area contributed by atoms with E-state index in [0.29, 0.717) is 12.8 Å². The molecule has 5 nitrogen and oxygen atoms in total. The quantitative estimate of drug-likeness (QED) is 0.592. The number of aliphatic carboxylic acids is 2. The van der Waals surface area contributed by atoms with Crippen LogP contribution in [0.4, 0.5) is 0 Å². The molecule has 5 heteroatoms. The first kappa shape index (κ1) is 12.9. The molecule has 0 spiro atoms. The van der Waals surface area contributed by atoms with Crippen LogP contribution in [0, 0.1) is 5.92 Å². The van der Waals surface area contributed by atoms with Crippen LogP contribution in [-0.4, -0.2) is 32.9 Å². The van der Waals surface area contributed by atoms with Crippen molar-refractivity contribution in [3.8, 4) is 0 Å². The number of carboxylic acids is 2. The third kappa shape index (κ3) is 2.99. The average molecular weight is 204 g/mol. The lowest BCUT2D eigenvalue weighted by molar-refractivity contribution is -0.171. The van der Waals surface area contributed by atoms with Crippen LogP contribution < -0.4 is 0 Å². The third-order valence-electron chi connectivity index (χ3n) is 2.33. The van der Waals surface area contributed by atoms with Gasteiger partial charge >= 0.3 is 11.9 Å². The SMILES string of the molecule is CCCC(C)C(O)(CC(=O)O)C(=O)O. The smallest absolute Gasteiger partial charge is 0.336 e. The largest absolute Gasteiger partial charge is 0.481 e. The zero-order valence-electron chi connectivity index (χ0n) is 8.36. The first-order valence-corrected chi connectivity index (χ1v) is 4.52. The molecule has 82 valence electrons. The molecule has 0 heterocycles. The van der Waals surface area contributed by atoms with E-state index in [1.165, 1.54) is 0 Å². The summed E-state index contributed by atoms with van der Waals surface area (Å²) >= 11 is 0. The minimum atomic E-state index is -2.15. The number of hydrogen-bond acceptors (Lipinski definition) is 3. The first-order chi connectivity index (χ1) is 6.34. The van der Waals surface area contributed by atoms with Gasteiger partial charge in [0, 0.05) is 0 Å². The van der Waals surface area contributed by atoms with Crippen molar-refractivity contribution in [3.63, 3.8) is 0 Å². The van der Waals surface area contributed by atoms with E-state index in [2.05, 4.69) is 0 Å². The van der Waals surface area contributed by atoms with E-state index in [1.54, 1.807) is 6.92 Å². The zero-order chi connectivity index (χ0) is 11.4. The molecule has 0 fully saturated rings. The van der Waals surface area contributed by atoms with Crippen molar-refractivity contribution in [1.29, 1.82) is 0 Å². The summed E-state index contributed by atoms with van der Waals surface area (Å²) in [6, 6.07) is 0. The van der Waals surface area contributed by atoms with Crippen molar-refractivity contribution in [2.45, 2.75) is 38.7 Å². The molecule has 0 aromatic heterocycles. The second kappa shape index (κ2) is 4.95. The fourth-order valence-corrected chi connectivity index (χ4v) is 1.36. The summed E-state index contributed by atoms with van der Waals surface area (Å²) in [6.07, 6.45) is 0.427. The Morgan fingerprint density at radius 1 is 1.36 bits per heavy atom. The molecule has 3 N–H and O–H groups in total. The van der Waals surface area contributed by atoms with Crippen molar-refractivity contribution in [1.82, 2.24) is 0 Å². The van der Waals surface area contributed by atoms with Crippen molar-refractivity contribution in [2.75, 3.05) is 0 Å². The van der Waals surface area contributed by atoms with Crippen molar-refractivity contribution in [2.24, 2.45) is 5.92 Å². The van der Waals surface area contributed by atoms with Crippen LogP contribution in [0.3, 0.4) is 0 Å². The molecule has 0 aliphatic carbocycles. The van der Waals surface area contributed by atoms with E-state index < -0.39 is 29.9 Å². The van der Waals surface area contributed by atoms with E-state index in [1.807, 2.05) is 6.92 Å². The fraction of sp³-hybridized carbons (Fsp3) is 0.778. The number of rotatable bonds is 6. The summed E-state index contributed by atoms with van der Waals surface area (Å²) in [5.74, 6) is -3.35. The summed E-state index contributed by atoms with van der Waals surface area (Å²) in [7, 11) is 0. The highest BCUT2D eigenvalue weighted by molar-refractivity contribution is 5.83. The Morgan fingerprint density at radius 3 is 2.14 bits per heavy atom. The average Bonchev–Trinajstić information content (AvgIpc) is 2.02. The zero-order valence-corrected chi connectivity index (χ0v) is 8.36. The maximum atomic E-state index is 10.8. The predicted molar refractivity (Wildman–Crippen MR) is 48.9 cm³/mol. The van der Waals surface area contributed by atoms with E-state index in [0.717, 1.165) is 0 Å². The summed E-state index contributed by atoms with van der Waals surface area (Å²) in [5.41, 5.74) is -2.15. The van der Waals surface area contributed by atoms with Crippen LogP contribution >= 0.6 is 0 Å². The summed E-state index contributed by atoms with van der Waals surface area (Å²) in [4.78, 5) is 21.2. The normalized spacial score (nSPS) is 17.1. The van der Waals surface area contributed by atoms with Crippen LogP contribution in [0.2, 0.25) is 0 Å². The van der Waals surface area contributed by atoms with Gasteiger partial charge in [-0.3, -0.25) is 4.79 Å². The van der Waals surface area contributed by atoms with Crippen LogP contribution in [0.15, 0.2) is 0 Å². The van der Waals surface area contributed by atoms with Crippen molar-refractivity contribution >= 4 is 11.9 Å². The van der Waals surface area contributed by atoms with E-state index in [4.69, 9.17) is 10.2 Å². The summed E-state index contributed by atoms with van der Waals surface area (Å²) in [6.45, 7) is 3.39. The molecule has 0 aliphatic heterocycles.